The van der Waals surface area contributed by atoms with Gasteiger partial charge in [-0.15, -0.1) is 0 Å². The van der Waals surface area contributed by atoms with Gasteiger partial charge in [0, 0.05) is 29.1 Å². The Morgan fingerprint density at radius 3 is 2.74 bits per heavy atom. The first-order valence-electron chi connectivity index (χ1n) is 6.26. The van der Waals surface area contributed by atoms with Crippen molar-refractivity contribution in [1.82, 2.24) is 4.98 Å². The molecule has 2 nitrogen and oxygen atoms in total. The minimum absolute atomic E-state index is 0.0180. The van der Waals surface area contributed by atoms with Crippen LogP contribution in [0.3, 0.4) is 0 Å². The van der Waals surface area contributed by atoms with E-state index in [1.54, 1.807) is 13.3 Å². The maximum atomic E-state index is 13.1. The van der Waals surface area contributed by atoms with Gasteiger partial charge in [-0.3, -0.25) is 0 Å². The highest BCUT2D eigenvalue weighted by Gasteiger charge is 2.33. The van der Waals surface area contributed by atoms with Crippen LogP contribution in [0.5, 0.6) is 5.88 Å². The van der Waals surface area contributed by atoms with Crippen LogP contribution in [0.25, 0.3) is 6.08 Å². The number of aromatic nitrogens is 1. The zero-order valence-electron chi connectivity index (χ0n) is 10.7. The van der Waals surface area contributed by atoms with Gasteiger partial charge in [-0.2, -0.15) is 0 Å². The Bertz CT molecular complexity index is 467. The average molecular weight is 332 g/mol. The van der Waals surface area contributed by atoms with Crippen molar-refractivity contribution >= 4 is 22.0 Å². The lowest BCUT2D eigenvalue weighted by atomic mass is 9.86. The molecule has 0 saturated heterocycles. The Kier molecular flexibility index (Phi) is 4.55. The third-order valence-corrected chi connectivity index (χ3v) is 3.78. The van der Waals surface area contributed by atoms with Crippen LogP contribution in [0, 0.1) is 5.92 Å². The van der Waals surface area contributed by atoms with E-state index in [1.165, 1.54) is 0 Å². The monoisotopic (exact) mass is 331 g/mol. The zero-order valence-corrected chi connectivity index (χ0v) is 12.3. The van der Waals surface area contributed by atoms with Crippen LogP contribution in [0.4, 0.5) is 8.78 Å². The number of alkyl halides is 2. The van der Waals surface area contributed by atoms with Crippen LogP contribution in [0.2, 0.25) is 0 Å². The van der Waals surface area contributed by atoms with Crippen molar-refractivity contribution in [2.45, 2.75) is 31.6 Å². The van der Waals surface area contributed by atoms with Gasteiger partial charge in [0.15, 0.2) is 0 Å². The molecule has 0 aliphatic heterocycles. The molecule has 1 aliphatic carbocycles. The van der Waals surface area contributed by atoms with E-state index in [2.05, 4.69) is 20.9 Å². The lowest BCUT2D eigenvalue weighted by molar-refractivity contribution is -0.0410. The van der Waals surface area contributed by atoms with Crippen LogP contribution in [-0.4, -0.2) is 18.0 Å². The number of hydrogen-bond acceptors (Lipinski definition) is 2. The molecule has 1 aromatic heterocycles. The highest BCUT2D eigenvalue weighted by molar-refractivity contribution is 9.10. The quantitative estimate of drug-likeness (QED) is 0.801. The van der Waals surface area contributed by atoms with Crippen LogP contribution in [-0.2, 0) is 0 Å². The summed E-state index contributed by atoms with van der Waals surface area (Å²) in [7, 11) is 1.56. The molecule has 19 heavy (non-hydrogen) atoms. The first-order valence-corrected chi connectivity index (χ1v) is 7.05. The van der Waals surface area contributed by atoms with E-state index in [9.17, 15) is 8.78 Å². The van der Waals surface area contributed by atoms with Gasteiger partial charge in [-0.05, 0) is 40.8 Å². The highest BCUT2D eigenvalue weighted by atomic mass is 79.9. The minimum atomic E-state index is -2.47. The Balaban J connectivity index is 2.05. The molecule has 0 spiro atoms. The van der Waals surface area contributed by atoms with Crippen LogP contribution in [0.15, 0.2) is 22.8 Å². The molecule has 0 amide bonds. The number of halogens is 3. The number of allylic oxidation sites excluding steroid dienone is 1. The second kappa shape index (κ2) is 5.99. The molecule has 0 bridgehead atoms. The van der Waals surface area contributed by atoms with Crippen molar-refractivity contribution in [3.63, 3.8) is 0 Å². The van der Waals surface area contributed by atoms with E-state index in [-0.39, 0.29) is 18.8 Å². The summed E-state index contributed by atoms with van der Waals surface area (Å²) in [6.45, 7) is 0. The van der Waals surface area contributed by atoms with E-state index in [4.69, 9.17) is 4.74 Å². The van der Waals surface area contributed by atoms with Crippen LogP contribution in [0.1, 0.15) is 31.2 Å². The molecule has 1 aromatic rings. The largest absolute Gasteiger partial charge is 0.481 e. The summed E-state index contributed by atoms with van der Waals surface area (Å²) in [4.78, 5) is 4.14. The Hall–Kier alpha value is -0.970. The normalized spacial score (nSPS) is 19.8. The fraction of sp³-hybridized carbons (Fsp3) is 0.500. The molecule has 1 fully saturated rings. The molecule has 1 aliphatic rings. The number of rotatable bonds is 3. The summed E-state index contributed by atoms with van der Waals surface area (Å²) < 4.78 is 32.1. The molecule has 5 heteroatoms. The molecule has 104 valence electrons. The number of hydrogen-bond donors (Lipinski definition) is 0. The van der Waals surface area contributed by atoms with E-state index >= 15 is 0 Å². The second-order valence-corrected chi connectivity index (χ2v) is 5.72. The molecular weight excluding hydrogens is 316 g/mol. The Morgan fingerprint density at radius 2 is 2.11 bits per heavy atom. The Morgan fingerprint density at radius 1 is 1.42 bits per heavy atom. The number of pyridine rings is 1. The number of nitrogens with zero attached hydrogens (tertiary/aromatic N) is 1. The van der Waals surface area contributed by atoms with E-state index < -0.39 is 5.92 Å². The molecule has 0 N–H and O–H groups in total. The van der Waals surface area contributed by atoms with Crippen molar-refractivity contribution in [3.05, 3.63) is 28.4 Å². The molecule has 0 atom stereocenters. The van der Waals surface area contributed by atoms with Gasteiger partial charge in [0.1, 0.15) is 0 Å². The van der Waals surface area contributed by atoms with Crippen molar-refractivity contribution in [2.24, 2.45) is 5.92 Å². The summed E-state index contributed by atoms with van der Waals surface area (Å²) in [6.07, 6.45) is 6.59. The fourth-order valence-electron chi connectivity index (χ4n) is 2.23. The van der Waals surface area contributed by atoms with Crippen molar-refractivity contribution in [2.75, 3.05) is 7.11 Å². The molecule has 0 aromatic carbocycles. The maximum absolute atomic E-state index is 13.1. The minimum Gasteiger partial charge on any atom is -0.481 e. The van der Waals surface area contributed by atoms with Gasteiger partial charge in [0.2, 0.25) is 11.8 Å². The first-order chi connectivity index (χ1) is 9.00. The summed E-state index contributed by atoms with van der Waals surface area (Å²) in [5.74, 6) is -1.72. The number of methoxy groups -OCH3 is 1. The molecule has 1 heterocycles. The lowest BCUT2D eigenvalue weighted by Gasteiger charge is -2.26. The smallest absolute Gasteiger partial charge is 0.248 e. The average Bonchev–Trinajstić information content (AvgIpc) is 2.38. The van der Waals surface area contributed by atoms with Crippen molar-refractivity contribution in [1.29, 1.82) is 0 Å². The van der Waals surface area contributed by atoms with Gasteiger partial charge >= 0.3 is 0 Å². The predicted molar refractivity (Wildman–Crippen MR) is 74.4 cm³/mol. The predicted octanol–water partition coefficient (Wildman–Crippen LogP) is 4.69. The highest BCUT2D eigenvalue weighted by Crippen LogP contribution is 2.37. The molecule has 0 radical (unpaired) electrons. The fourth-order valence-corrected chi connectivity index (χ4v) is 2.58. The summed E-state index contributed by atoms with van der Waals surface area (Å²) >= 11 is 3.36. The van der Waals surface area contributed by atoms with Gasteiger partial charge in [0.25, 0.3) is 0 Å². The van der Waals surface area contributed by atoms with Gasteiger partial charge in [-0.25, -0.2) is 13.8 Å². The molecule has 1 saturated carbocycles. The third-order valence-electron chi connectivity index (χ3n) is 3.35. The standard InChI is InChI=1S/C14H16BrF2NO/c1-19-13-11(8-12(15)9-18-13)3-2-10-4-6-14(16,17)7-5-10/h2-3,8-10H,4-7H2,1H3. The third kappa shape index (κ3) is 4.00. The van der Waals surface area contributed by atoms with E-state index in [0.29, 0.717) is 18.7 Å². The summed E-state index contributed by atoms with van der Waals surface area (Å²) in [6, 6.07) is 1.90. The van der Waals surface area contributed by atoms with E-state index in [1.807, 2.05) is 18.2 Å². The SMILES string of the molecule is COc1ncc(Br)cc1C=CC1CCC(F)(F)CC1. The topological polar surface area (TPSA) is 22.1 Å². The zero-order chi connectivity index (χ0) is 13.9. The van der Waals surface area contributed by atoms with Crippen molar-refractivity contribution < 1.29 is 13.5 Å². The summed E-state index contributed by atoms with van der Waals surface area (Å²) in [5, 5.41) is 0. The van der Waals surface area contributed by atoms with Crippen molar-refractivity contribution in [3.8, 4) is 5.88 Å². The van der Waals surface area contributed by atoms with Gasteiger partial charge in [-0.1, -0.05) is 12.2 Å². The lowest BCUT2D eigenvalue weighted by Crippen LogP contribution is -2.23. The molecule has 0 unspecified atom stereocenters. The van der Waals surface area contributed by atoms with Crippen LogP contribution >= 0.6 is 15.9 Å². The molecule has 2 rings (SSSR count). The first kappa shape index (κ1) is 14.4. The van der Waals surface area contributed by atoms with E-state index in [0.717, 1.165) is 10.0 Å². The summed E-state index contributed by atoms with van der Waals surface area (Å²) in [5.41, 5.74) is 0.856. The maximum Gasteiger partial charge on any atom is 0.248 e. The van der Waals surface area contributed by atoms with Gasteiger partial charge < -0.3 is 4.74 Å². The number of ether oxygens (including phenoxy) is 1. The van der Waals surface area contributed by atoms with Gasteiger partial charge in [0.05, 0.1) is 7.11 Å². The second-order valence-electron chi connectivity index (χ2n) is 4.80. The van der Waals surface area contributed by atoms with Crippen LogP contribution < -0.4 is 4.74 Å². The molecular formula is C14H16BrF2NO. The Labute approximate surface area is 120 Å².